The van der Waals surface area contributed by atoms with E-state index in [4.69, 9.17) is 0 Å². The van der Waals surface area contributed by atoms with E-state index >= 15 is 0 Å². The molecule has 0 radical (unpaired) electrons. The summed E-state index contributed by atoms with van der Waals surface area (Å²) in [5.41, 5.74) is 2.54. The Balaban J connectivity index is 1.36. The van der Waals surface area contributed by atoms with Gasteiger partial charge in [0.25, 0.3) is 0 Å². The first-order valence-corrected chi connectivity index (χ1v) is 9.52. The second-order valence-electron chi connectivity index (χ2n) is 7.69. The maximum Gasteiger partial charge on any atom is 0.234 e. The Morgan fingerprint density at radius 2 is 1.60 bits per heavy atom. The van der Waals surface area contributed by atoms with Gasteiger partial charge in [0.1, 0.15) is 0 Å². The monoisotopic (exact) mass is 341 g/mol. The number of benzene rings is 1. The number of aryl methyl sites for hydroxylation is 1. The van der Waals surface area contributed by atoms with Crippen molar-refractivity contribution in [3.8, 4) is 0 Å². The number of hydrogen-bond acceptors (Lipinski definition) is 4. The van der Waals surface area contributed by atoms with E-state index in [1.54, 1.807) is 4.90 Å². The van der Waals surface area contributed by atoms with Crippen LogP contribution in [0.4, 0.5) is 5.69 Å². The molecule has 1 saturated carbocycles. The topological polar surface area (TPSA) is 43.9 Å². The smallest absolute Gasteiger partial charge is 0.234 e. The number of likely N-dealkylation sites (tertiary alicyclic amines) is 1. The molecule has 1 aromatic rings. The van der Waals surface area contributed by atoms with Crippen molar-refractivity contribution in [1.29, 1.82) is 0 Å². The average Bonchev–Trinajstić information content (AvgIpc) is 2.88. The van der Waals surface area contributed by atoms with Crippen LogP contribution >= 0.6 is 0 Å². The second kappa shape index (κ2) is 6.79. The lowest BCUT2D eigenvalue weighted by Gasteiger charge is -2.37. The van der Waals surface area contributed by atoms with Crippen LogP contribution < -0.4 is 4.90 Å². The number of carbonyl (C=O) groups is 2. The molecule has 0 N–H and O–H groups in total. The lowest BCUT2D eigenvalue weighted by molar-refractivity contribution is -0.142. The summed E-state index contributed by atoms with van der Waals surface area (Å²) in [5, 5.41) is 0. The van der Waals surface area contributed by atoms with E-state index < -0.39 is 0 Å². The standard InChI is InChI=1S/C20H27N3O2/c1-15-5-4-6-16(13-15)22-11-9-21(10-12-22)14-23-19(24)17-7-2-3-8-18(17)20(23)25/h4-6,13,17-18H,2-3,7-12,14H2,1H3. The Labute approximate surface area is 149 Å². The molecule has 1 aromatic carbocycles. The molecule has 0 spiro atoms. The molecule has 2 unspecified atom stereocenters. The molecule has 2 saturated heterocycles. The minimum absolute atomic E-state index is 0.0326. The van der Waals surface area contributed by atoms with Crippen LogP contribution in [0.5, 0.6) is 0 Å². The van der Waals surface area contributed by atoms with Gasteiger partial charge in [-0.15, -0.1) is 0 Å². The summed E-state index contributed by atoms with van der Waals surface area (Å²) < 4.78 is 0. The molecule has 0 aromatic heterocycles. The maximum absolute atomic E-state index is 12.6. The van der Waals surface area contributed by atoms with Gasteiger partial charge in [0.15, 0.2) is 0 Å². The summed E-state index contributed by atoms with van der Waals surface area (Å²) in [6.07, 6.45) is 3.96. The molecular weight excluding hydrogens is 314 g/mol. The predicted molar refractivity (Wildman–Crippen MR) is 97.1 cm³/mol. The Bertz CT molecular complexity index is 643. The molecule has 4 rings (SSSR count). The first-order valence-electron chi connectivity index (χ1n) is 9.52. The number of rotatable bonds is 3. The van der Waals surface area contributed by atoms with E-state index in [2.05, 4.69) is 41.0 Å². The number of anilines is 1. The van der Waals surface area contributed by atoms with Gasteiger partial charge in [-0.2, -0.15) is 0 Å². The number of nitrogens with zero attached hydrogens (tertiary/aromatic N) is 3. The van der Waals surface area contributed by atoms with Crippen molar-refractivity contribution < 1.29 is 9.59 Å². The maximum atomic E-state index is 12.6. The van der Waals surface area contributed by atoms with Crippen LogP contribution in [0.15, 0.2) is 24.3 Å². The van der Waals surface area contributed by atoms with Gasteiger partial charge >= 0.3 is 0 Å². The molecule has 25 heavy (non-hydrogen) atoms. The number of imide groups is 1. The van der Waals surface area contributed by atoms with Gasteiger partial charge in [-0.25, -0.2) is 0 Å². The third-order valence-corrected chi connectivity index (χ3v) is 6.01. The number of carbonyl (C=O) groups excluding carboxylic acids is 2. The van der Waals surface area contributed by atoms with Gasteiger partial charge in [-0.1, -0.05) is 25.0 Å². The molecule has 2 heterocycles. The van der Waals surface area contributed by atoms with Crippen LogP contribution in [-0.4, -0.2) is 54.5 Å². The highest BCUT2D eigenvalue weighted by molar-refractivity contribution is 6.05. The Hall–Kier alpha value is -1.88. The lowest BCUT2D eigenvalue weighted by atomic mass is 9.81. The van der Waals surface area contributed by atoms with Gasteiger partial charge in [0.2, 0.25) is 11.8 Å². The zero-order valence-corrected chi connectivity index (χ0v) is 15.0. The highest BCUT2D eigenvalue weighted by Gasteiger charge is 2.48. The van der Waals surface area contributed by atoms with Crippen LogP contribution in [0.25, 0.3) is 0 Å². The zero-order valence-electron chi connectivity index (χ0n) is 15.0. The minimum atomic E-state index is -0.0326. The molecule has 5 nitrogen and oxygen atoms in total. The molecule has 1 aliphatic carbocycles. The SMILES string of the molecule is Cc1cccc(N2CCN(CN3C(=O)C4CCCCC4C3=O)CC2)c1. The van der Waals surface area contributed by atoms with Gasteiger partial charge in [-0.05, 0) is 37.5 Å². The van der Waals surface area contributed by atoms with E-state index in [0.29, 0.717) is 6.67 Å². The highest BCUT2D eigenvalue weighted by atomic mass is 16.2. The van der Waals surface area contributed by atoms with E-state index in [0.717, 1.165) is 51.9 Å². The number of fused-ring (bicyclic) bond motifs is 1. The number of piperazine rings is 1. The van der Waals surface area contributed by atoms with Crippen molar-refractivity contribution in [2.45, 2.75) is 32.6 Å². The van der Waals surface area contributed by atoms with Crippen LogP contribution in [-0.2, 0) is 9.59 Å². The number of hydrogen-bond donors (Lipinski definition) is 0. The molecule has 5 heteroatoms. The van der Waals surface area contributed by atoms with E-state index in [1.807, 2.05) is 0 Å². The molecule has 2 aliphatic heterocycles. The summed E-state index contributed by atoms with van der Waals surface area (Å²) in [5.74, 6) is 0.0938. The molecule has 3 fully saturated rings. The predicted octanol–water partition coefficient (Wildman–Crippen LogP) is 2.25. The summed E-state index contributed by atoms with van der Waals surface area (Å²) in [6, 6.07) is 8.58. The van der Waals surface area contributed by atoms with Crippen molar-refractivity contribution >= 4 is 17.5 Å². The van der Waals surface area contributed by atoms with Gasteiger partial charge in [0.05, 0.1) is 18.5 Å². The van der Waals surface area contributed by atoms with Crippen molar-refractivity contribution in [2.75, 3.05) is 37.7 Å². The molecule has 0 bridgehead atoms. The molecule has 2 amide bonds. The van der Waals surface area contributed by atoms with Crippen LogP contribution in [0.2, 0.25) is 0 Å². The third kappa shape index (κ3) is 3.17. The fraction of sp³-hybridized carbons (Fsp3) is 0.600. The molecular formula is C20H27N3O2. The van der Waals surface area contributed by atoms with E-state index in [-0.39, 0.29) is 23.7 Å². The Morgan fingerprint density at radius 3 is 2.20 bits per heavy atom. The van der Waals surface area contributed by atoms with Gasteiger partial charge in [0, 0.05) is 31.9 Å². The summed E-state index contributed by atoms with van der Waals surface area (Å²) in [4.78, 5) is 31.4. The van der Waals surface area contributed by atoms with Gasteiger partial charge in [-0.3, -0.25) is 19.4 Å². The van der Waals surface area contributed by atoms with Crippen LogP contribution in [0.3, 0.4) is 0 Å². The molecule has 3 aliphatic rings. The summed E-state index contributed by atoms with van der Waals surface area (Å²) in [6.45, 7) is 6.25. The Kier molecular flexibility index (Phi) is 4.50. The minimum Gasteiger partial charge on any atom is -0.369 e. The summed E-state index contributed by atoms with van der Waals surface area (Å²) >= 11 is 0. The van der Waals surface area contributed by atoms with E-state index in [1.165, 1.54) is 11.3 Å². The quantitative estimate of drug-likeness (QED) is 0.791. The van der Waals surface area contributed by atoms with Crippen molar-refractivity contribution in [3.63, 3.8) is 0 Å². The third-order valence-electron chi connectivity index (χ3n) is 6.01. The largest absolute Gasteiger partial charge is 0.369 e. The fourth-order valence-electron chi connectivity index (χ4n) is 4.54. The molecule has 2 atom stereocenters. The second-order valence-corrected chi connectivity index (χ2v) is 7.69. The van der Waals surface area contributed by atoms with Crippen molar-refractivity contribution in [3.05, 3.63) is 29.8 Å². The normalized spacial score (nSPS) is 27.7. The lowest BCUT2D eigenvalue weighted by Crippen LogP contribution is -2.51. The number of amides is 2. The average molecular weight is 341 g/mol. The van der Waals surface area contributed by atoms with Gasteiger partial charge < -0.3 is 4.90 Å². The Morgan fingerprint density at radius 1 is 0.960 bits per heavy atom. The van der Waals surface area contributed by atoms with Crippen LogP contribution in [0, 0.1) is 18.8 Å². The van der Waals surface area contributed by atoms with Crippen LogP contribution in [0.1, 0.15) is 31.2 Å². The summed E-state index contributed by atoms with van der Waals surface area (Å²) in [7, 11) is 0. The van der Waals surface area contributed by atoms with Crippen molar-refractivity contribution in [1.82, 2.24) is 9.80 Å². The zero-order chi connectivity index (χ0) is 17.4. The van der Waals surface area contributed by atoms with Crippen molar-refractivity contribution in [2.24, 2.45) is 11.8 Å². The fourth-order valence-corrected chi connectivity index (χ4v) is 4.54. The van der Waals surface area contributed by atoms with E-state index in [9.17, 15) is 9.59 Å². The first-order chi connectivity index (χ1) is 12.1. The first kappa shape index (κ1) is 16.6. The highest BCUT2D eigenvalue weighted by Crippen LogP contribution is 2.38. The molecule has 134 valence electrons.